The summed E-state index contributed by atoms with van der Waals surface area (Å²) in [5.41, 5.74) is 2.26. The maximum Gasteiger partial charge on any atom is 0.122 e. The number of benzene rings is 1. The summed E-state index contributed by atoms with van der Waals surface area (Å²) < 4.78 is 6.20. The van der Waals surface area contributed by atoms with Gasteiger partial charge < -0.3 is 15.0 Å². The number of ether oxygens (including phenoxy) is 1. The van der Waals surface area contributed by atoms with Gasteiger partial charge in [0.2, 0.25) is 0 Å². The van der Waals surface area contributed by atoms with E-state index in [1.165, 1.54) is 5.56 Å². The minimum atomic E-state index is 0.795. The molecule has 16 heavy (non-hydrogen) atoms. The van der Waals surface area contributed by atoms with Gasteiger partial charge in [0.15, 0.2) is 0 Å². The monoisotopic (exact) mass is 280 g/mol. The molecule has 0 amide bonds. The van der Waals surface area contributed by atoms with E-state index in [0.717, 1.165) is 22.5 Å². The first-order valence-corrected chi connectivity index (χ1v) is 5.77. The Hall–Kier alpha value is -1.42. The van der Waals surface area contributed by atoms with Crippen LogP contribution in [-0.4, -0.2) is 12.1 Å². The Morgan fingerprint density at radius 3 is 2.94 bits per heavy atom. The third-order valence-electron chi connectivity index (χ3n) is 2.27. The van der Waals surface area contributed by atoms with Crippen molar-refractivity contribution in [2.45, 2.75) is 6.54 Å². The number of halogens is 1. The Balaban J connectivity index is 2.06. The molecule has 0 fully saturated rings. The maximum absolute atomic E-state index is 5.20. The second-order valence-electron chi connectivity index (χ2n) is 3.45. The number of rotatable bonds is 4. The molecule has 0 saturated heterocycles. The SMILES string of the molecule is COc1cc(Br)cc(NCc2cc[nH]c2)c1. The number of nitrogens with one attached hydrogen (secondary N) is 2. The topological polar surface area (TPSA) is 37.0 Å². The zero-order valence-corrected chi connectivity index (χ0v) is 10.5. The lowest BCUT2D eigenvalue weighted by Crippen LogP contribution is -1.98. The standard InChI is InChI=1S/C12H13BrN2O/c1-16-12-5-10(13)4-11(6-12)15-8-9-2-3-14-7-9/h2-7,14-15H,8H2,1H3. The van der Waals surface area contributed by atoms with Crippen molar-refractivity contribution in [2.24, 2.45) is 0 Å². The van der Waals surface area contributed by atoms with Gasteiger partial charge in [0.25, 0.3) is 0 Å². The molecule has 1 aromatic heterocycles. The van der Waals surface area contributed by atoms with Crippen LogP contribution in [-0.2, 0) is 6.54 Å². The molecule has 2 N–H and O–H groups in total. The molecular weight excluding hydrogens is 268 g/mol. The van der Waals surface area contributed by atoms with Crippen LogP contribution in [0.2, 0.25) is 0 Å². The zero-order chi connectivity index (χ0) is 11.4. The molecule has 4 heteroatoms. The highest BCUT2D eigenvalue weighted by Gasteiger charge is 1.99. The highest BCUT2D eigenvalue weighted by Crippen LogP contribution is 2.24. The predicted molar refractivity (Wildman–Crippen MR) is 68.8 cm³/mol. The third kappa shape index (κ3) is 2.79. The molecule has 2 aromatic rings. The fourth-order valence-electron chi connectivity index (χ4n) is 1.46. The Morgan fingerprint density at radius 2 is 2.25 bits per heavy atom. The van der Waals surface area contributed by atoms with Gasteiger partial charge in [-0.05, 0) is 23.8 Å². The van der Waals surface area contributed by atoms with Gasteiger partial charge in [-0.3, -0.25) is 0 Å². The lowest BCUT2D eigenvalue weighted by molar-refractivity contribution is 0.414. The molecule has 2 rings (SSSR count). The summed E-state index contributed by atoms with van der Waals surface area (Å²) in [5.74, 6) is 0.839. The van der Waals surface area contributed by atoms with Crippen molar-refractivity contribution in [3.8, 4) is 5.75 Å². The molecule has 0 radical (unpaired) electrons. The molecule has 3 nitrogen and oxygen atoms in total. The Morgan fingerprint density at radius 1 is 1.38 bits per heavy atom. The molecule has 0 spiro atoms. The summed E-state index contributed by atoms with van der Waals surface area (Å²) >= 11 is 3.45. The van der Waals surface area contributed by atoms with Crippen LogP contribution in [0.1, 0.15) is 5.56 Å². The summed E-state index contributed by atoms with van der Waals surface area (Å²) in [4.78, 5) is 3.03. The van der Waals surface area contributed by atoms with Gasteiger partial charge in [-0.15, -0.1) is 0 Å². The van der Waals surface area contributed by atoms with Gasteiger partial charge in [-0.1, -0.05) is 15.9 Å². The lowest BCUT2D eigenvalue weighted by atomic mass is 10.2. The molecule has 0 aliphatic heterocycles. The summed E-state index contributed by atoms with van der Waals surface area (Å²) in [6, 6.07) is 7.97. The van der Waals surface area contributed by atoms with Crippen LogP contribution in [0.25, 0.3) is 0 Å². The van der Waals surface area contributed by atoms with Crippen LogP contribution in [0.3, 0.4) is 0 Å². The van der Waals surface area contributed by atoms with E-state index >= 15 is 0 Å². The highest BCUT2D eigenvalue weighted by molar-refractivity contribution is 9.10. The number of aromatic amines is 1. The lowest BCUT2D eigenvalue weighted by Gasteiger charge is -2.08. The van der Waals surface area contributed by atoms with Crippen molar-refractivity contribution >= 4 is 21.6 Å². The molecule has 0 unspecified atom stereocenters. The Labute approximate surface area is 103 Å². The molecule has 1 heterocycles. The fraction of sp³-hybridized carbons (Fsp3) is 0.167. The van der Waals surface area contributed by atoms with Crippen molar-refractivity contribution in [2.75, 3.05) is 12.4 Å². The normalized spacial score (nSPS) is 10.1. The van der Waals surface area contributed by atoms with E-state index in [-0.39, 0.29) is 0 Å². The summed E-state index contributed by atoms with van der Waals surface area (Å²) in [6.07, 6.45) is 3.89. The van der Waals surface area contributed by atoms with Crippen LogP contribution < -0.4 is 10.1 Å². The van der Waals surface area contributed by atoms with Crippen molar-refractivity contribution in [1.82, 2.24) is 4.98 Å². The van der Waals surface area contributed by atoms with E-state index in [1.54, 1.807) is 7.11 Å². The van der Waals surface area contributed by atoms with E-state index in [1.807, 2.05) is 36.7 Å². The van der Waals surface area contributed by atoms with Crippen molar-refractivity contribution < 1.29 is 4.74 Å². The van der Waals surface area contributed by atoms with Gasteiger partial charge in [0.1, 0.15) is 5.75 Å². The second kappa shape index (κ2) is 5.07. The van der Waals surface area contributed by atoms with Crippen molar-refractivity contribution in [1.29, 1.82) is 0 Å². The number of hydrogen-bond acceptors (Lipinski definition) is 2. The third-order valence-corrected chi connectivity index (χ3v) is 2.72. The molecule has 0 aliphatic rings. The number of aromatic nitrogens is 1. The van der Waals surface area contributed by atoms with Gasteiger partial charge in [-0.25, -0.2) is 0 Å². The van der Waals surface area contributed by atoms with Crippen LogP contribution in [0.4, 0.5) is 5.69 Å². The largest absolute Gasteiger partial charge is 0.497 e. The number of H-pyrrole nitrogens is 1. The second-order valence-corrected chi connectivity index (χ2v) is 4.37. The van der Waals surface area contributed by atoms with E-state index in [0.29, 0.717) is 0 Å². The molecule has 1 aromatic carbocycles. The quantitative estimate of drug-likeness (QED) is 0.901. The Bertz CT molecular complexity index is 454. The van der Waals surface area contributed by atoms with Crippen LogP contribution in [0.15, 0.2) is 41.1 Å². The minimum Gasteiger partial charge on any atom is -0.497 e. The van der Waals surface area contributed by atoms with Crippen LogP contribution in [0.5, 0.6) is 5.75 Å². The van der Waals surface area contributed by atoms with Gasteiger partial charge >= 0.3 is 0 Å². The Kier molecular flexibility index (Phi) is 3.51. The average Bonchev–Trinajstić information content (AvgIpc) is 2.78. The van der Waals surface area contributed by atoms with Crippen molar-refractivity contribution in [3.05, 3.63) is 46.7 Å². The predicted octanol–water partition coefficient (Wildman–Crippen LogP) is 3.40. The van der Waals surface area contributed by atoms with Gasteiger partial charge in [-0.2, -0.15) is 0 Å². The van der Waals surface area contributed by atoms with E-state index in [9.17, 15) is 0 Å². The number of anilines is 1. The smallest absolute Gasteiger partial charge is 0.122 e. The first-order chi connectivity index (χ1) is 7.78. The molecule has 84 valence electrons. The summed E-state index contributed by atoms with van der Waals surface area (Å²) in [6.45, 7) is 0.795. The molecule has 0 aliphatic carbocycles. The van der Waals surface area contributed by atoms with E-state index < -0.39 is 0 Å². The van der Waals surface area contributed by atoms with Crippen LogP contribution >= 0.6 is 15.9 Å². The minimum absolute atomic E-state index is 0.795. The highest BCUT2D eigenvalue weighted by atomic mass is 79.9. The number of methoxy groups -OCH3 is 1. The molecular formula is C12H13BrN2O. The summed E-state index contributed by atoms with van der Waals surface area (Å²) in [7, 11) is 1.66. The fourth-order valence-corrected chi connectivity index (χ4v) is 1.93. The molecule has 0 atom stereocenters. The molecule has 0 saturated carbocycles. The van der Waals surface area contributed by atoms with E-state index in [4.69, 9.17) is 4.74 Å². The van der Waals surface area contributed by atoms with E-state index in [2.05, 4.69) is 26.2 Å². The summed E-state index contributed by atoms with van der Waals surface area (Å²) in [5, 5.41) is 3.33. The first kappa shape index (κ1) is 11.1. The van der Waals surface area contributed by atoms with Gasteiger partial charge in [0, 0.05) is 35.2 Å². The number of hydrogen-bond donors (Lipinski definition) is 2. The van der Waals surface area contributed by atoms with Crippen LogP contribution in [0, 0.1) is 0 Å². The maximum atomic E-state index is 5.20. The van der Waals surface area contributed by atoms with Gasteiger partial charge in [0.05, 0.1) is 7.11 Å². The first-order valence-electron chi connectivity index (χ1n) is 4.98. The average molecular weight is 281 g/mol. The molecule has 0 bridgehead atoms. The zero-order valence-electron chi connectivity index (χ0n) is 8.96. The van der Waals surface area contributed by atoms with Crippen molar-refractivity contribution in [3.63, 3.8) is 0 Å².